The summed E-state index contributed by atoms with van der Waals surface area (Å²) < 4.78 is 6.85. The molecule has 0 bridgehead atoms. The van der Waals surface area contributed by atoms with Crippen molar-refractivity contribution in [2.45, 2.75) is 26.3 Å². The summed E-state index contributed by atoms with van der Waals surface area (Å²) in [5.74, 6) is 1.24. The maximum Gasteiger partial charge on any atom is 0.253 e. The Labute approximate surface area is 146 Å². The van der Waals surface area contributed by atoms with E-state index in [1.165, 1.54) is 0 Å². The first-order chi connectivity index (χ1) is 12.0. The summed E-state index contributed by atoms with van der Waals surface area (Å²) in [5, 5.41) is 3.98. The van der Waals surface area contributed by atoms with Gasteiger partial charge in [0.05, 0.1) is 12.2 Å². The van der Waals surface area contributed by atoms with Crippen molar-refractivity contribution in [2.75, 3.05) is 19.0 Å². The van der Waals surface area contributed by atoms with E-state index in [0.29, 0.717) is 11.7 Å². The molecule has 130 valence electrons. The van der Waals surface area contributed by atoms with Crippen LogP contribution in [0.2, 0.25) is 0 Å². The van der Waals surface area contributed by atoms with Crippen molar-refractivity contribution in [2.24, 2.45) is 0 Å². The number of pyridine rings is 1. The van der Waals surface area contributed by atoms with Gasteiger partial charge in [-0.3, -0.25) is 4.79 Å². The molecule has 0 spiro atoms. The molecule has 0 aliphatic heterocycles. The molecule has 0 aliphatic carbocycles. The van der Waals surface area contributed by atoms with Gasteiger partial charge >= 0.3 is 0 Å². The highest BCUT2D eigenvalue weighted by molar-refractivity contribution is 5.77. The van der Waals surface area contributed by atoms with Gasteiger partial charge in [-0.1, -0.05) is 49.3 Å². The molecular formula is C19H22N4O2. The monoisotopic (exact) mass is 338 g/mol. The second kappa shape index (κ2) is 6.93. The Kier molecular flexibility index (Phi) is 4.70. The summed E-state index contributed by atoms with van der Waals surface area (Å²) >= 11 is 0. The zero-order valence-electron chi connectivity index (χ0n) is 14.9. The van der Waals surface area contributed by atoms with Gasteiger partial charge in [-0.25, -0.2) is 0 Å². The molecule has 0 saturated heterocycles. The fraction of sp³-hybridized carbons (Fsp3) is 0.316. The van der Waals surface area contributed by atoms with E-state index in [1.807, 2.05) is 69.4 Å². The van der Waals surface area contributed by atoms with E-state index < -0.39 is 0 Å². The molecule has 3 aromatic rings. The Morgan fingerprint density at radius 2 is 1.92 bits per heavy atom. The average Bonchev–Trinajstić information content (AvgIpc) is 3.06. The summed E-state index contributed by atoms with van der Waals surface area (Å²) in [6.07, 6.45) is 1.86. The Morgan fingerprint density at radius 1 is 1.20 bits per heavy atom. The lowest BCUT2D eigenvalue weighted by molar-refractivity contribution is 0.359. The molecule has 3 rings (SSSR count). The fourth-order valence-electron chi connectivity index (χ4n) is 2.62. The van der Waals surface area contributed by atoms with E-state index in [0.717, 1.165) is 16.8 Å². The van der Waals surface area contributed by atoms with Crippen molar-refractivity contribution < 1.29 is 4.52 Å². The molecule has 0 atom stereocenters. The normalized spacial score (nSPS) is 11.1. The van der Waals surface area contributed by atoms with Crippen molar-refractivity contribution in [1.29, 1.82) is 0 Å². The second-order valence-electron chi connectivity index (χ2n) is 6.50. The zero-order chi connectivity index (χ0) is 18.0. The molecule has 6 nitrogen and oxygen atoms in total. The third-order valence-electron chi connectivity index (χ3n) is 3.96. The molecule has 0 radical (unpaired) electrons. The summed E-state index contributed by atoms with van der Waals surface area (Å²) in [6, 6.07) is 11.6. The number of hydrogen-bond acceptors (Lipinski definition) is 5. The molecule has 6 heteroatoms. The highest BCUT2D eigenvalue weighted by Crippen LogP contribution is 2.28. The van der Waals surface area contributed by atoms with E-state index in [2.05, 4.69) is 10.1 Å². The Hall–Kier alpha value is -2.89. The standard InChI is InChI=1S/C19H22N4O2/c1-13(2)19-20-17(21-25-19)12-23-11-15(14-8-6-5-7-9-14)16(22(3)4)10-18(23)24/h5-11,13H,12H2,1-4H3. The van der Waals surface area contributed by atoms with Gasteiger partial charge in [0, 0.05) is 37.8 Å². The fourth-order valence-corrected chi connectivity index (χ4v) is 2.62. The quantitative estimate of drug-likeness (QED) is 0.715. The molecule has 0 aliphatic rings. The first-order valence-corrected chi connectivity index (χ1v) is 8.25. The van der Waals surface area contributed by atoms with Crippen molar-refractivity contribution in [3.63, 3.8) is 0 Å². The minimum atomic E-state index is -0.0979. The van der Waals surface area contributed by atoms with Crippen LogP contribution in [0.3, 0.4) is 0 Å². The third kappa shape index (κ3) is 3.63. The average molecular weight is 338 g/mol. The van der Waals surface area contributed by atoms with Gasteiger partial charge in [0.15, 0.2) is 5.82 Å². The van der Waals surface area contributed by atoms with Crippen LogP contribution < -0.4 is 10.5 Å². The minimum absolute atomic E-state index is 0.0979. The molecule has 1 aromatic carbocycles. The van der Waals surface area contributed by atoms with Gasteiger partial charge in [-0.15, -0.1) is 0 Å². The summed E-state index contributed by atoms with van der Waals surface area (Å²) in [4.78, 5) is 18.8. The van der Waals surface area contributed by atoms with E-state index in [-0.39, 0.29) is 18.0 Å². The van der Waals surface area contributed by atoms with Crippen molar-refractivity contribution >= 4 is 5.69 Å². The number of rotatable bonds is 5. The van der Waals surface area contributed by atoms with Crippen LogP contribution in [0, 0.1) is 0 Å². The second-order valence-corrected chi connectivity index (χ2v) is 6.50. The van der Waals surface area contributed by atoms with Crippen molar-refractivity contribution in [3.05, 3.63) is 64.7 Å². The van der Waals surface area contributed by atoms with Crippen molar-refractivity contribution in [1.82, 2.24) is 14.7 Å². The number of benzene rings is 1. The van der Waals surface area contributed by atoms with Gasteiger partial charge in [-0.2, -0.15) is 4.98 Å². The largest absolute Gasteiger partial charge is 0.377 e. The van der Waals surface area contributed by atoms with Crippen molar-refractivity contribution in [3.8, 4) is 11.1 Å². The number of nitrogens with zero attached hydrogens (tertiary/aromatic N) is 4. The molecule has 0 saturated carbocycles. The first-order valence-electron chi connectivity index (χ1n) is 8.25. The van der Waals surface area contributed by atoms with Gasteiger partial charge in [0.25, 0.3) is 5.56 Å². The lowest BCUT2D eigenvalue weighted by Gasteiger charge is -2.19. The van der Waals surface area contributed by atoms with Gasteiger partial charge in [0.1, 0.15) is 0 Å². The minimum Gasteiger partial charge on any atom is -0.377 e. The van der Waals surface area contributed by atoms with Crippen LogP contribution in [0.25, 0.3) is 11.1 Å². The highest BCUT2D eigenvalue weighted by atomic mass is 16.5. The predicted molar refractivity (Wildman–Crippen MR) is 98.0 cm³/mol. The maximum atomic E-state index is 12.5. The Balaban J connectivity index is 2.04. The zero-order valence-corrected chi connectivity index (χ0v) is 14.9. The smallest absolute Gasteiger partial charge is 0.253 e. The summed E-state index contributed by atoms with van der Waals surface area (Å²) in [5.41, 5.74) is 2.82. The van der Waals surface area contributed by atoms with E-state index in [1.54, 1.807) is 10.6 Å². The van der Waals surface area contributed by atoms with Crippen LogP contribution in [0.15, 0.2) is 51.9 Å². The van der Waals surface area contributed by atoms with Crippen LogP contribution in [0.1, 0.15) is 31.5 Å². The van der Waals surface area contributed by atoms with E-state index >= 15 is 0 Å². The molecule has 25 heavy (non-hydrogen) atoms. The van der Waals surface area contributed by atoms with Gasteiger partial charge in [-0.05, 0) is 5.56 Å². The van der Waals surface area contributed by atoms with Crippen LogP contribution in [-0.4, -0.2) is 28.8 Å². The predicted octanol–water partition coefficient (Wildman–Crippen LogP) is 3.14. The summed E-state index contributed by atoms with van der Waals surface area (Å²) in [6.45, 7) is 4.26. The summed E-state index contributed by atoms with van der Waals surface area (Å²) in [7, 11) is 3.86. The molecule has 0 unspecified atom stereocenters. The highest BCUT2D eigenvalue weighted by Gasteiger charge is 2.14. The molecule has 2 aromatic heterocycles. The van der Waals surface area contributed by atoms with Gasteiger partial charge < -0.3 is 14.0 Å². The third-order valence-corrected chi connectivity index (χ3v) is 3.96. The molecular weight excluding hydrogens is 316 g/mol. The Morgan fingerprint density at radius 3 is 2.52 bits per heavy atom. The number of hydrogen-bond donors (Lipinski definition) is 0. The maximum absolute atomic E-state index is 12.5. The number of anilines is 1. The topological polar surface area (TPSA) is 64.2 Å². The molecule has 0 fully saturated rings. The number of aromatic nitrogens is 3. The lowest BCUT2D eigenvalue weighted by Crippen LogP contribution is -2.23. The molecule has 0 amide bonds. The van der Waals surface area contributed by atoms with E-state index in [9.17, 15) is 4.79 Å². The van der Waals surface area contributed by atoms with Crippen LogP contribution in [0.5, 0.6) is 0 Å². The molecule has 0 N–H and O–H groups in total. The first kappa shape index (κ1) is 17.0. The van der Waals surface area contributed by atoms with Gasteiger partial charge in [0.2, 0.25) is 5.89 Å². The lowest BCUT2D eigenvalue weighted by atomic mass is 10.1. The van der Waals surface area contributed by atoms with Crippen LogP contribution >= 0.6 is 0 Å². The van der Waals surface area contributed by atoms with E-state index in [4.69, 9.17) is 4.52 Å². The van der Waals surface area contributed by atoms with Crippen LogP contribution in [0.4, 0.5) is 5.69 Å². The van der Waals surface area contributed by atoms with Crippen LogP contribution in [-0.2, 0) is 6.54 Å². The Bertz CT molecular complexity index is 911. The SMILES string of the molecule is CC(C)c1nc(Cn2cc(-c3ccccc3)c(N(C)C)cc2=O)no1. The molecule has 2 heterocycles.